The number of thiocarbonyl (C=S) groups is 1. The van der Waals surface area contributed by atoms with Crippen LogP contribution in [-0.4, -0.2) is 10.9 Å². The van der Waals surface area contributed by atoms with E-state index >= 15 is 0 Å². The van der Waals surface area contributed by atoms with E-state index in [1.54, 1.807) is 0 Å². The fourth-order valence-corrected chi connectivity index (χ4v) is 2.52. The van der Waals surface area contributed by atoms with Gasteiger partial charge in [-0.05, 0) is 35.7 Å². The van der Waals surface area contributed by atoms with Gasteiger partial charge in [-0.3, -0.25) is 4.79 Å². The zero-order valence-electron chi connectivity index (χ0n) is 10.3. The van der Waals surface area contributed by atoms with Crippen molar-refractivity contribution in [2.45, 2.75) is 12.8 Å². The first-order chi connectivity index (χ1) is 9.12. The Balaban J connectivity index is 1.86. The molecule has 2 aromatic rings. The van der Waals surface area contributed by atoms with Gasteiger partial charge in [0, 0.05) is 5.69 Å². The lowest BCUT2D eigenvalue weighted by molar-refractivity contribution is -0.118. The van der Waals surface area contributed by atoms with Crippen molar-refractivity contribution in [3.8, 4) is 0 Å². The first-order valence-corrected chi connectivity index (χ1v) is 6.63. The molecule has 0 bridgehead atoms. The van der Waals surface area contributed by atoms with Gasteiger partial charge in [0.1, 0.15) is 0 Å². The molecule has 1 aliphatic rings. The van der Waals surface area contributed by atoms with Gasteiger partial charge in [0.25, 0.3) is 0 Å². The number of carbonyl (C=O) groups excluding carboxylic acids is 1. The second-order valence-corrected chi connectivity index (χ2v) is 5.40. The molecule has 19 heavy (non-hydrogen) atoms. The van der Waals surface area contributed by atoms with Crippen LogP contribution >= 0.6 is 12.2 Å². The van der Waals surface area contributed by atoms with Crippen LogP contribution in [0.5, 0.6) is 0 Å². The number of benzene rings is 2. The maximum Gasteiger partial charge on any atom is 0.237 e. The molecule has 0 unspecified atom stereocenters. The number of amides is 1. The molecule has 3 rings (SSSR count). The maximum absolute atomic E-state index is 12.2. The SMILES string of the molecule is NC(=S)C1(C(=O)Nc2ccc3ccccc3c2)CC1. The molecule has 1 aliphatic carbocycles. The Kier molecular flexibility index (Phi) is 2.75. The third-order valence-corrected chi connectivity index (χ3v) is 4.05. The van der Waals surface area contributed by atoms with Gasteiger partial charge in [0.05, 0.1) is 10.4 Å². The smallest absolute Gasteiger partial charge is 0.237 e. The van der Waals surface area contributed by atoms with Crippen molar-refractivity contribution in [3.05, 3.63) is 42.5 Å². The Bertz CT molecular complexity index is 677. The van der Waals surface area contributed by atoms with Gasteiger partial charge < -0.3 is 11.1 Å². The van der Waals surface area contributed by atoms with Gasteiger partial charge in [-0.15, -0.1) is 0 Å². The minimum Gasteiger partial charge on any atom is -0.392 e. The molecule has 4 heteroatoms. The molecule has 1 amide bonds. The minimum absolute atomic E-state index is 0.0877. The van der Waals surface area contributed by atoms with Crippen LogP contribution in [0, 0.1) is 5.41 Å². The van der Waals surface area contributed by atoms with Crippen molar-refractivity contribution in [3.63, 3.8) is 0 Å². The Labute approximate surface area is 116 Å². The summed E-state index contributed by atoms with van der Waals surface area (Å²) in [5, 5.41) is 5.16. The van der Waals surface area contributed by atoms with E-state index in [2.05, 4.69) is 5.32 Å². The van der Waals surface area contributed by atoms with Gasteiger partial charge in [-0.25, -0.2) is 0 Å². The topological polar surface area (TPSA) is 55.1 Å². The Hall–Kier alpha value is -1.94. The highest BCUT2D eigenvalue weighted by molar-refractivity contribution is 7.80. The number of rotatable bonds is 3. The fraction of sp³-hybridized carbons (Fsp3) is 0.200. The Morgan fingerprint density at radius 2 is 1.84 bits per heavy atom. The molecule has 0 radical (unpaired) electrons. The Morgan fingerprint density at radius 1 is 1.16 bits per heavy atom. The van der Waals surface area contributed by atoms with Crippen molar-refractivity contribution in [1.82, 2.24) is 0 Å². The van der Waals surface area contributed by atoms with E-state index in [0.29, 0.717) is 4.99 Å². The molecule has 1 saturated carbocycles. The summed E-state index contributed by atoms with van der Waals surface area (Å²) >= 11 is 4.98. The van der Waals surface area contributed by atoms with Crippen LogP contribution in [-0.2, 0) is 4.79 Å². The summed E-state index contributed by atoms with van der Waals surface area (Å²) in [7, 11) is 0. The highest BCUT2D eigenvalue weighted by Gasteiger charge is 2.52. The average Bonchev–Trinajstić information content (AvgIpc) is 3.20. The van der Waals surface area contributed by atoms with Gasteiger partial charge in [0.2, 0.25) is 5.91 Å². The molecule has 1 fully saturated rings. The van der Waals surface area contributed by atoms with E-state index in [4.69, 9.17) is 18.0 Å². The average molecular weight is 270 g/mol. The molecule has 0 aromatic heterocycles. The zero-order valence-corrected chi connectivity index (χ0v) is 11.2. The molecule has 96 valence electrons. The summed E-state index contributed by atoms with van der Waals surface area (Å²) in [5.41, 5.74) is 5.82. The number of nitrogens with two attached hydrogens (primary N) is 1. The van der Waals surface area contributed by atoms with Gasteiger partial charge >= 0.3 is 0 Å². The van der Waals surface area contributed by atoms with Crippen molar-refractivity contribution >= 4 is 39.6 Å². The normalized spacial score (nSPS) is 16.0. The first kappa shape index (κ1) is 12.1. The summed E-state index contributed by atoms with van der Waals surface area (Å²) in [4.78, 5) is 12.5. The van der Waals surface area contributed by atoms with Crippen LogP contribution in [0.25, 0.3) is 10.8 Å². The minimum atomic E-state index is -0.610. The van der Waals surface area contributed by atoms with E-state index in [9.17, 15) is 4.79 Å². The molecule has 0 heterocycles. The van der Waals surface area contributed by atoms with E-state index in [1.165, 1.54) is 0 Å². The highest BCUT2D eigenvalue weighted by Crippen LogP contribution is 2.46. The molecule has 0 atom stereocenters. The van der Waals surface area contributed by atoms with Crippen molar-refractivity contribution in [2.75, 3.05) is 5.32 Å². The first-order valence-electron chi connectivity index (χ1n) is 6.22. The highest BCUT2D eigenvalue weighted by atomic mass is 32.1. The lowest BCUT2D eigenvalue weighted by atomic mass is 10.1. The van der Waals surface area contributed by atoms with Crippen molar-refractivity contribution in [1.29, 1.82) is 0 Å². The number of fused-ring (bicyclic) bond motifs is 1. The number of anilines is 1. The summed E-state index contributed by atoms with van der Waals surface area (Å²) in [6.45, 7) is 0. The number of carbonyl (C=O) groups is 1. The second kappa shape index (κ2) is 4.31. The molecular weight excluding hydrogens is 256 g/mol. The predicted octanol–water partition coefficient (Wildman–Crippen LogP) is 2.84. The van der Waals surface area contributed by atoms with Crippen LogP contribution < -0.4 is 11.1 Å². The van der Waals surface area contributed by atoms with Crippen LogP contribution in [0.4, 0.5) is 5.69 Å². The molecule has 3 N–H and O–H groups in total. The lowest BCUT2D eigenvalue weighted by Crippen LogP contribution is -2.34. The standard InChI is InChI=1S/C15H14N2OS/c16-13(19)15(7-8-15)14(18)17-12-6-5-10-3-1-2-4-11(10)9-12/h1-6,9H,7-8H2,(H2,16,19)(H,17,18). The summed E-state index contributed by atoms with van der Waals surface area (Å²) < 4.78 is 0. The molecule has 0 spiro atoms. The predicted molar refractivity (Wildman–Crippen MR) is 81.0 cm³/mol. The van der Waals surface area contributed by atoms with E-state index in [0.717, 1.165) is 29.3 Å². The number of hydrogen-bond donors (Lipinski definition) is 2. The van der Waals surface area contributed by atoms with Crippen molar-refractivity contribution in [2.24, 2.45) is 11.1 Å². The molecule has 3 nitrogen and oxygen atoms in total. The lowest BCUT2D eigenvalue weighted by Gasteiger charge is -2.14. The van der Waals surface area contributed by atoms with Crippen LogP contribution in [0.3, 0.4) is 0 Å². The van der Waals surface area contributed by atoms with E-state index in [1.807, 2.05) is 42.5 Å². The number of nitrogens with one attached hydrogen (secondary N) is 1. The largest absolute Gasteiger partial charge is 0.392 e. The van der Waals surface area contributed by atoms with E-state index in [-0.39, 0.29) is 5.91 Å². The summed E-state index contributed by atoms with van der Waals surface area (Å²) in [6, 6.07) is 13.9. The van der Waals surface area contributed by atoms with Gasteiger partial charge in [0.15, 0.2) is 0 Å². The summed E-state index contributed by atoms with van der Waals surface area (Å²) in [5.74, 6) is -0.0877. The van der Waals surface area contributed by atoms with Crippen molar-refractivity contribution < 1.29 is 4.79 Å². The zero-order chi connectivity index (χ0) is 13.5. The van der Waals surface area contributed by atoms with Gasteiger partial charge in [-0.1, -0.05) is 42.5 Å². The monoisotopic (exact) mass is 270 g/mol. The quantitative estimate of drug-likeness (QED) is 0.843. The van der Waals surface area contributed by atoms with Crippen LogP contribution in [0.2, 0.25) is 0 Å². The van der Waals surface area contributed by atoms with Crippen LogP contribution in [0.15, 0.2) is 42.5 Å². The molecule has 2 aromatic carbocycles. The van der Waals surface area contributed by atoms with E-state index < -0.39 is 5.41 Å². The fourth-order valence-electron chi connectivity index (χ4n) is 2.23. The second-order valence-electron chi connectivity index (χ2n) is 4.96. The molecular formula is C15H14N2OS. The number of hydrogen-bond acceptors (Lipinski definition) is 2. The maximum atomic E-state index is 12.2. The van der Waals surface area contributed by atoms with Gasteiger partial charge in [-0.2, -0.15) is 0 Å². The van der Waals surface area contributed by atoms with Crippen LogP contribution in [0.1, 0.15) is 12.8 Å². The third kappa shape index (κ3) is 2.08. The summed E-state index contributed by atoms with van der Waals surface area (Å²) in [6.07, 6.45) is 1.50. The Morgan fingerprint density at radius 3 is 2.47 bits per heavy atom. The molecule has 0 saturated heterocycles. The third-order valence-electron chi connectivity index (χ3n) is 3.66. The molecule has 0 aliphatic heterocycles.